The zero-order chi connectivity index (χ0) is 13.8. The predicted octanol–water partition coefficient (Wildman–Crippen LogP) is 1.66. The number of aliphatic hydroxyl groups is 1. The molecule has 1 amide bonds. The molecular formula is C12H14F2N2O2S. The lowest BCUT2D eigenvalue weighted by atomic mass is 10.2. The molecule has 4 nitrogen and oxygen atoms in total. The average molecular weight is 288 g/mol. The van der Waals surface area contributed by atoms with Gasteiger partial charge in [-0.25, -0.2) is 0 Å². The molecule has 0 aromatic heterocycles. The van der Waals surface area contributed by atoms with E-state index in [1.54, 1.807) is 18.2 Å². The Hall–Kier alpha value is -1.18. The zero-order valence-electron chi connectivity index (χ0n) is 9.98. The van der Waals surface area contributed by atoms with E-state index in [4.69, 9.17) is 0 Å². The molecule has 0 aliphatic carbocycles. The number of hydrogen-bond acceptors (Lipinski definition) is 4. The van der Waals surface area contributed by atoms with Gasteiger partial charge in [0.25, 0.3) is 5.76 Å². The van der Waals surface area contributed by atoms with Crippen molar-refractivity contribution < 1.29 is 18.7 Å². The predicted molar refractivity (Wildman–Crippen MR) is 69.3 cm³/mol. The Morgan fingerprint density at radius 2 is 2.32 bits per heavy atom. The molecule has 2 unspecified atom stereocenters. The van der Waals surface area contributed by atoms with Crippen molar-refractivity contribution in [3.8, 4) is 0 Å². The second-order valence-corrected chi connectivity index (χ2v) is 5.31. The van der Waals surface area contributed by atoms with Gasteiger partial charge in [-0.2, -0.15) is 8.78 Å². The summed E-state index contributed by atoms with van der Waals surface area (Å²) >= 11 is 0.432. The topological polar surface area (TPSA) is 61.4 Å². The summed E-state index contributed by atoms with van der Waals surface area (Å²) < 4.78 is 24.5. The number of hydrogen-bond donors (Lipinski definition) is 3. The van der Waals surface area contributed by atoms with Crippen LogP contribution in [0.1, 0.15) is 6.42 Å². The number of nitrogens with one attached hydrogen (secondary N) is 2. The second kappa shape index (κ2) is 6.31. The highest BCUT2D eigenvalue weighted by molar-refractivity contribution is 7.99. The van der Waals surface area contributed by atoms with Gasteiger partial charge in [0.15, 0.2) is 0 Å². The summed E-state index contributed by atoms with van der Waals surface area (Å²) in [6.45, 7) is 0.388. The number of benzene rings is 1. The molecule has 0 spiro atoms. The van der Waals surface area contributed by atoms with Crippen LogP contribution >= 0.6 is 11.8 Å². The van der Waals surface area contributed by atoms with Gasteiger partial charge in [0.2, 0.25) is 5.91 Å². The minimum Gasteiger partial charge on any atom is -0.392 e. The van der Waals surface area contributed by atoms with Crippen molar-refractivity contribution in [2.45, 2.75) is 29.2 Å². The van der Waals surface area contributed by atoms with Crippen LogP contribution in [-0.4, -0.2) is 35.5 Å². The van der Waals surface area contributed by atoms with Crippen molar-refractivity contribution in [1.82, 2.24) is 5.32 Å². The molecule has 19 heavy (non-hydrogen) atoms. The second-order valence-electron chi connectivity index (χ2n) is 4.25. The third-order valence-electron chi connectivity index (χ3n) is 2.75. The van der Waals surface area contributed by atoms with Crippen molar-refractivity contribution in [3.63, 3.8) is 0 Å². The van der Waals surface area contributed by atoms with Gasteiger partial charge >= 0.3 is 0 Å². The monoisotopic (exact) mass is 288 g/mol. The van der Waals surface area contributed by atoms with Gasteiger partial charge in [-0.15, -0.1) is 0 Å². The number of amides is 1. The van der Waals surface area contributed by atoms with E-state index < -0.39 is 17.9 Å². The molecule has 1 aliphatic heterocycles. The number of carbonyl (C=O) groups is 1. The van der Waals surface area contributed by atoms with E-state index in [1.165, 1.54) is 6.07 Å². The maximum atomic E-state index is 12.2. The first-order chi connectivity index (χ1) is 9.04. The lowest BCUT2D eigenvalue weighted by Crippen LogP contribution is -2.35. The fourth-order valence-electron chi connectivity index (χ4n) is 1.90. The number of rotatable bonds is 4. The Bertz CT molecular complexity index is 459. The van der Waals surface area contributed by atoms with E-state index >= 15 is 0 Å². The summed E-state index contributed by atoms with van der Waals surface area (Å²) in [6.07, 6.45) is -0.159. The fraction of sp³-hybridized carbons (Fsp3) is 0.417. The van der Waals surface area contributed by atoms with Crippen molar-refractivity contribution in [3.05, 3.63) is 24.3 Å². The molecule has 1 heterocycles. The third kappa shape index (κ3) is 4.15. The van der Waals surface area contributed by atoms with Gasteiger partial charge in [-0.1, -0.05) is 17.8 Å². The minimum absolute atomic E-state index is 0.268. The Labute approximate surface area is 113 Å². The molecule has 7 heteroatoms. The molecular weight excluding hydrogens is 274 g/mol. The Morgan fingerprint density at radius 1 is 1.53 bits per heavy atom. The Kier molecular flexibility index (Phi) is 4.73. The van der Waals surface area contributed by atoms with Gasteiger partial charge in [0.05, 0.1) is 12.1 Å². The van der Waals surface area contributed by atoms with E-state index in [0.717, 1.165) is 0 Å². The molecule has 0 radical (unpaired) electrons. The lowest BCUT2D eigenvalue weighted by molar-refractivity contribution is -0.117. The van der Waals surface area contributed by atoms with Gasteiger partial charge in [0.1, 0.15) is 0 Å². The van der Waals surface area contributed by atoms with Crippen LogP contribution in [0.2, 0.25) is 0 Å². The van der Waals surface area contributed by atoms with Crippen molar-refractivity contribution >= 4 is 23.4 Å². The molecule has 1 aromatic rings. The summed E-state index contributed by atoms with van der Waals surface area (Å²) in [4.78, 5) is 12.2. The SMILES string of the molecule is O=C(Nc1cccc(SC(F)F)c1)C1CC(O)CN1. The molecule has 1 saturated heterocycles. The summed E-state index contributed by atoms with van der Waals surface area (Å²) in [7, 11) is 0. The van der Waals surface area contributed by atoms with E-state index in [9.17, 15) is 18.7 Å². The third-order valence-corrected chi connectivity index (χ3v) is 3.46. The van der Waals surface area contributed by atoms with Crippen LogP contribution in [0.15, 0.2) is 29.2 Å². The van der Waals surface area contributed by atoms with Gasteiger partial charge in [-0.05, 0) is 24.6 Å². The number of thioether (sulfide) groups is 1. The minimum atomic E-state index is -2.49. The number of halogens is 2. The molecule has 104 valence electrons. The van der Waals surface area contributed by atoms with Gasteiger partial charge in [0, 0.05) is 17.1 Å². The summed E-state index contributed by atoms with van der Waals surface area (Å²) in [5.74, 6) is -2.76. The van der Waals surface area contributed by atoms with E-state index in [2.05, 4.69) is 10.6 Å². The van der Waals surface area contributed by atoms with Crippen LogP contribution in [0.25, 0.3) is 0 Å². The average Bonchev–Trinajstić information content (AvgIpc) is 2.75. The van der Waals surface area contributed by atoms with Crippen molar-refractivity contribution in [2.75, 3.05) is 11.9 Å². The molecule has 1 fully saturated rings. The first-order valence-electron chi connectivity index (χ1n) is 5.82. The smallest absolute Gasteiger partial charge is 0.288 e. The van der Waals surface area contributed by atoms with E-state index in [-0.39, 0.29) is 5.91 Å². The summed E-state index contributed by atoms with van der Waals surface area (Å²) in [5.41, 5.74) is 0.471. The molecule has 2 rings (SSSR count). The standard InChI is InChI=1S/C12H14F2N2O2S/c13-12(14)19-9-3-1-2-7(4-9)16-11(18)10-5-8(17)6-15-10/h1-4,8,10,12,15,17H,5-6H2,(H,16,18). The van der Waals surface area contributed by atoms with Crippen LogP contribution in [0.4, 0.5) is 14.5 Å². The largest absolute Gasteiger partial charge is 0.392 e. The molecule has 0 saturated carbocycles. The number of β-amino-alcohol motifs (C(OH)–C–C–N with tert-alkyl or cyclic N) is 1. The fourth-order valence-corrected chi connectivity index (χ4v) is 2.45. The van der Waals surface area contributed by atoms with Gasteiger partial charge < -0.3 is 15.7 Å². The Balaban J connectivity index is 1.96. The summed E-state index contributed by atoms with van der Waals surface area (Å²) in [6, 6.07) is 5.86. The van der Waals surface area contributed by atoms with Crippen molar-refractivity contribution in [2.24, 2.45) is 0 Å². The quantitative estimate of drug-likeness (QED) is 0.738. The van der Waals surface area contributed by atoms with Gasteiger partial charge in [-0.3, -0.25) is 4.79 Å². The number of carbonyl (C=O) groups excluding carboxylic acids is 1. The van der Waals surface area contributed by atoms with Crippen LogP contribution < -0.4 is 10.6 Å². The van der Waals surface area contributed by atoms with Crippen LogP contribution in [0.5, 0.6) is 0 Å². The number of alkyl halides is 2. The van der Waals surface area contributed by atoms with Crippen LogP contribution in [0, 0.1) is 0 Å². The Morgan fingerprint density at radius 3 is 2.95 bits per heavy atom. The molecule has 1 aliphatic rings. The number of anilines is 1. The van der Waals surface area contributed by atoms with E-state index in [1.807, 2.05) is 0 Å². The molecule has 2 atom stereocenters. The molecule has 3 N–H and O–H groups in total. The highest BCUT2D eigenvalue weighted by Crippen LogP contribution is 2.27. The first-order valence-corrected chi connectivity index (χ1v) is 6.70. The van der Waals surface area contributed by atoms with Crippen LogP contribution in [-0.2, 0) is 4.79 Å². The van der Waals surface area contributed by atoms with E-state index in [0.29, 0.717) is 35.3 Å². The lowest BCUT2D eigenvalue weighted by Gasteiger charge is -2.11. The maximum Gasteiger partial charge on any atom is 0.288 e. The zero-order valence-corrected chi connectivity index (χ0v) is 10.8. The van der Waals surface area contributed by atoms with Crippen molar-refractivity contribution in [1.29, 1.82) is 0 Å². The normalized spacial score (nSPS) is 22.7. The van der Waals surface area contributed by atoms with Crippen LogP contribution in [0.3, 0.4) is 0 Å². The molecule has 0 bridgehead atoms. The summed E-state index contributed by atoms with van der Waals surface area (Å²) in [5, 5.41) is 14.9. The molecule has 1 aromatic carbocycles. The highest BCUT2D eigenvalue weighted by Gasteiger charge is 2.27. The highest BCUT2D eigenvalue weighted by atomic mass is 32.2. The first kappa shape index (κ1) is 14.2. The maximum absolute atomic E-state index is 12.2. The number of aliphatic hydroxyl groups excluding tert-OH is 1.